The molecule has 0 saturated carbocycles. The number of benzene rings is 1. The van der Waals surface area contributed by atoms with Crippen molar-refractivity contribution >= 4 is 11.7 Å². The van der Waals surface area contributed by atoms with Crippen LogP contribution in [0, 0.1) is 13.8 Å². The Morgan fingerprint density at radius 2 is 1.90 bits per heavy atom. The van der Waals surface area contributed by atoms with Crippen molar-refractivity contribution in [3.05, 3.63) is 47.8 Å². The molecule has 3 heterocycles. The zero-order valence-corrected chi connectivity index (χ0v) is 18.4. The lowest BCUT2D eigenvalue weighted by atomic mass is 10.1. The van der Waals surface area contributed by atoms with Crippen LogP contribution in [0.5, 0.6) is 5.75 Å². The number of anilines is 1. The molecule has 0 bridgehead atoms. The number of aryl methyl sites for hydroxylation is 2. The summed E-state index contributed by atoms with van der Waals surface area (Å²) in [5, 5.41) is 7.26. The number of likely N-dealkylation sites (tertiary alicyclic amines) is 1. The second kappa shape index (κ2) is 8.85. The predicted molar refractivity (Wildman–Crippen MR) is 120 cm³/mol. The quantitative estimate of drug-likeness (QED) is 0.681. The molecule has 0 aliphatic carbocycles. The Bertz CT molecular complexity index is 1090. The highest BCUT2D eigenvalue weighted by molar-refractivity contribution is 5.88. The average molecular weight is 421 g/mol. The number of nitrogens with zero attached hydrogens (tertiary/aromatic N) is 5. The Kier molecular flexibility index (Phi) is 5.99. The molecule has 2 aromatic heterocycles. The topological polar surface area (TPSA) is 85.2 Å². The first kappa shape index (κ1) is 21.0. The number of carbonyl (C=O) groups excluding carboxylic acids is 1. The molecule has 1 N–H and O–H groups in total. The van der Waals surface area contributed by atoms with Gasteiger partial charge < -0.3 is 15.0 Å². The minimum Gasteiger partial charge on any atom is -0.490 e. The van der Waals surface area contributed by atoms with Crippen LogP contribution < -0.4 is 10.1 Å². The highest BCUT2D eigenvalue weighted by Crippen LogP contribution is 2.27. The number of nitrogens with one attached hydrogen (secondary N) is 1. The van der Waals surface area contributed by atoms with Gasteiger partial charge in [0.05, 0.1) is 11.4 Å². The fourth-order valence-electron chi connectivity index (χ4n) is 3.78. The van der Waals surface area contributed by atoms with E-state index in [1.165, 1.54) is 6.92 Å². The van der Waals surface area contributed by atoms with Gasteiger partial charge in [0.15, 0.2) is 0 Å². The van der Waals surface area contributed by atoms with E-state index in [9.17, 15) is 4.79 Å². The van der Waals surface area contributed by atoms with Crippen LogP contribution in [-0.4, -0.2) is 56.8 Å². The van der Waals surface area contributed by atoms with Gasteiger partial charge in [0, 0.05) is 37.3 Å². The molecule has 1 fully saturated rings. The first-order valence-electron chi connectivity index (χ1n) is 10.5. The number of amides is 1. The van der Waals surface area contributed by atoms with E-state index in [1.807, 2.05) is 44.2 Å². The zero-order valence-electron chi connectivity index (χ0n) is 18.4. The summed E-state index contributed by atoms with van der Waals surface area (Å²) in [4.78, 5) is 23.2. The summed E-state index contributed by atoms with van der Waals surface area (Å²) in [5.41, 5.74) is 3.38. The maximum atomic E-state index is 11.7. The molecule has 1 aromatic carbocycles. The molecule has 3 aromatic rings. The van der Waals surface area contributed by atoms with Crippen molar-refractivity contribution in [2.75, 3.05) is 25.5 Å². The number of hydrogen-bond donors (Lipinski definition) is 1. The van der Waals surface area contributed by atoms with Crippen LogP contribution in [0.25, 0.3) is 17.2 Å². The van der Waals surface area contributed by atoms with Crippen molar-refractivity contribution in [2.24, 2.45) is 0 Å². The molecule has 0 spiro atoms. The first-order valence-corrected chi connectivity index (χ1v) is 10.5. The SMILES string of the molecule is CC(=O)Nc1cc(-c2cccc(OC3CCN(C)CC3)c2)nc(-n2nc(C)cc2C)n1. The Hall–Kier alpha value is -3.26. The van der Waals surface area contributed by atoms with Gasteiger partial charge in [0.1, 0.15) is 17.7 Å². The van der Waals surface area contributed by atoms with Crippen LogP contribution in [0.1, 0.15) is 31.2 Å². The van der Waals surface area contributed by atoms with Crippen molar-refractivity contribution < 1.29 is 9.53 Å². The monoisotopic (exact) mass is 420 g/mol. The summed E-state index contributed by atoms with van der Waals surface area (Å²) in [7, 11) is 2.14. The van der Waals surface area contributed by atoms with Crippen LogP contribution in [0.15, 0.2) is 36.4 Å². The van der Waals surface area contributed by atoms with Crippen LogP contribution in [-0.2, 0) is 4.79 Å². The van der Waals surface area contributed by atoms with E-state index in [0.29, 0.717) is 17.5 Å². The Labute approximate surface area is 182 Å². The highest BCUT2D eigenvalue weighted by Gasteiger charge is 2.18. The molecular formula is C23H28N6O2. The second-order valence-electron chi connectivity index (χ2n) is 8.11. The maximum absolute atomic E-state index is 11.7. The van der Waals surface area contributed by atoms with E-state index in [0.717, 1.165) is 48.6 Å². The van der Waals surface area contributed by atoms with Crippen molar-refractivity contribution in [1.29, 1.82) is 0 Å². The molecule has 8 heteroatoms. The number of rotatable bonds is 5. The number of aromatic nitrogens is 4. The van der Waals surface area contributed by atoms with Crippen LogP contribution in [0.2, 0.25) is 0 Å². The number of piperidine rings is 1. The van der Waals surface area contributed by atoms with Crippen LogP contribution >= 0.6 is 0 Å². The largest absolute Gasteiger partial charge is 0.490 e. The van der Waals surface area contributed by atoms with E-state index >= 15 is 0 Å². The van der Waals surface area contributed by atoms with Crippen molar-refractivity contribution in [2.45, 2.75) is 39.7 Å². The Morgan fingerprint density at radius 3 is 2.58 bits per heavy atom. The van der Waals surface area contributed by atoms with Crippen molar-refractivity contribution in [3.63, 3.8) is 0 Å². The first-order chi connectivity index (χ1) is 14.9. The molecule has 4 rings (SSSR count). The summed E-state index contributed by atoms with van der Waals surface area (Å²) in [6.45, 7) is 7.42. The number of carbonyl (C=O) groups is 1. The van der Waals surface area contributed by atoms with E-state index in [2.05, 4.69) is 27.3 Å². The molecule has 1 aliphatic heterocycles. The maximum Gasteiger partial charge on any atom is 0.253 e. The van der Waals surface area contributed by atoms with Gasteiger partial charge in [-0.25, -0.2) is 9.67 Å². The van der Waals surface area contributed by atoms with E-state index in [1.54, 1.807) is 10.7 Å². The highest BCUT2D eigenvalue weighted by atomic mass is 16.5. The summed E-state index contributed by atoms with van der Waals surface area (Å²) >= 11 is 0. The van der Waals surface area contributed by atoms with Gasteiger partial charge in [-0.3, -0.25) is 4.79 Å². The van der Waals surface area contributed by atoms with Gasteiger partial charge in [0.2, 0.25) is 5.91 Å². The van der Waals surface area contributed by atoms with E-state index in [4.69, 9.17) is 9.72 Å². The molecule has 1 amide bonds. The van der Waals surface area contributed by atoms with Gasteiger partial charge in [0.25, 0.3) is 5.95 Å². The molecule has 1 aliphatic rings. The third-order valence-electron chi connectivity index (χ3n) is 5.32. The molecule has 0 atom stereocenters. The Balaban J connectivity index is 1.67. The number of ether oxygens (including phenoxy) is 1. The lowest BCUT2D eigenvalue weighted by Gasteiger charge is -2.29. The lowest BCUT2D eigenvalue weighted by molar-refractivity contribution is -0.114. The fourth-order valence-corrected chi connectivity index (χ4v) is 3.78. The van der Waals surface area contributed by atoms with Crippen molar-refractivity contribution in [1.82, 2.24) is 24.6 Å². The number of hydrogen-bond acceptors (Lipinski definition) is 6. The van der Waals surface area contributed by atoms with Gasteiger partial charge in [-0.05, 0) is 51.9 Å². The van der Waals surface area contributed by atoms with Gasteiger partial charge >= 0.3 is 0 Å². The summed E-state index contributed by atoms with van der Waals surface area (Å²) in [6, 6.07) is 11.6. The minimum absolute atomic E-state index is 0.191. The average Bonchev–Trinajstić information content (AvgIpc) is 3.07. The molecule has 0 unspecified atom stereocenters. The predicted octanol–water partition coefficient (Wildman–Crippen LogP) is 3.38. The Morgan fingerprint density at radius 1 is 1.13 bits per heavy atom. The third-order valence-corrected chi connectivity index (χ3v) is 5.32. The molecule has 162 valence electrons. The van der Waals surface area contributed by atoms with Gasteiger partial charge in [-0.1, -0.05) is 12.1 Å². The smallest absolute Gasteiger partial charge is 0.253 e. The lowest BCUT2D eigenvalue weighted by Crippen LogP contribution is -2.35. The second-order valence-corrected chi connectivity index (χ2v) is 8.11. The van der Waals surface area contributed by atoms with Crippen LogP contribution in [0.4, 0.5) is 5.82 Å². The van der Waals surface area contributed by atoms with E-state index < -0.39 is 0 Å². The molecule has 31 heavy (non-hydrogen) atoms. The molecule has 8 nitrogen and oxygen atoms in total. The van der Waals surface area contributed by atoms with Crippen LogP contribution in [0.3, 0.4) is 0 Å². The standard InChI is InChI=1S/C23H28N6O2/c1-15-12-16(2)29(27-15)23-25-21(14-22(26-23)24-17(3)30)18-6-5-7-20(13-18)31-19-8-10-28(4)11-9-19/h5-7,12-14,19H,8-11H2,1-4H3,(H,24,25,26,30). The zero-order chi connectivity index (χ0) is 22.0. The molecule has 1 saturated heterocycles. The molecule has 0 radical (unpaired) electrons. The van der Waals surface area contributed by atoms with Crippen molar-refractivity contribution in [3.8, 4) is 23.0 Å². The fraction of sp³-hybridized carbons (Fsp3) is 0.391. The van der Waals surface area contributed by atoms with Gasteiger partial charge in [-0.2, -0.15) is 10.1 Å². The summed E-state index contributed by atoms with van der Waals surface area (Å²) in [5.74, 6) is 1.47. The van der Waals surface area contributed by atoms with E-state index in [-0.39, 0.29) is 12.0 Å². The summed E-state index contributed by atoms with van der Waals surface area (Å²) in [6.07, 6.45) is 2.25. The summed E-state index contributed by atoms with van der Waals surface area (Å²) < 4.78 is 7.92. The molecular weight excluding hydrogens is 392 g/mol. The van der Waals surface area contributed by atoms with Gasteiger partial charge in [-0.15, -0.1) is 0 Å². The third kappa shape index (κ3) is 5.08. The minimum atomic E-state index is -0.191. The normalized spacial score (nSPS) is 15.1.